The summed E-state index contributed by atoms with van der Waals surface area (Å²) in [7, 11) is 0. The van der Waals surface area contributed by atoms with Gasteiger partial charge in [-0.1, -0.05) is 13.3 Å². The standard InChI is InChI=1S/C13H24N2O2/c1-9-8-15(6-5-12(9)16)13(17)10-3-2-4-11(14)7-10/h9-12,16H,2-8,14H2,1H3. The van der Waals surface area contributed by atoms with E-state index < -0.39 is 0 Å². The maximum atomic E-state index is 12.3. The normalized spacial score (nSPS) is 39.1. The molecule has 0 aromatic carbocycles. The van der Waals surface area contributed by atoms with Crippen LogP contribution in [-0.2, 0) is 4.79 Å². The zero-order valence-electron chi connectivity index (χ0n) is 10.6. The zero-order valence-corrected chi connectivity index (χ0v) is 10.6. The van der Waals surface area contributed by atoms with Crippen molar-refractivity contribution in [2.75, 3.05) is 13.1 Å². The van der Waals surface area contributed by atoms with Crippen molar-refractivity contribution < 1.29 is 9.90 Å². The molecule has 1 saturated heterocycles. The lowest BCUT2D eigenvalue weighted by atomic mass is 9.84. The maximum Gasteiger partial charge on any atom is 0.225 e. The third kappa shape index (κ3) is 2.99. The molecule has 2 aliphatic rings. The summed E-state index contributed by atoms with van der Waals surface area (Å²) in [6.07, 6.45) is 4.42. The highest BCUT2D eigenvalue weighted by Crippen LogP contribution is 2.27. The molecule has 4 nitrogen and oxygen atoms in total. The Morgan fingerprint density at radius 2 is 2.12 bits per heavy atom. The summed E-state index contributed by atoms with van der Waals surface area (Å²) in [5.74, 6) is 0.588. The first-order chi connectivity index (χ1) is 8.08. The van der Waals surface area contributed by atoms with Crippen molar-refractivity contribution in [1.82, 2.24) is 4.90 Å². The number of rotatable bonds is 1. The van der Waals surface area contributed by atoms with Crippen molar-refractivity contribution in [2.45, 2.75) is 51.2 Å². The Morgan fingerprint density at radius 3 is 2.76 bits per heavy atom. The summed E-state index contributed by atoms with van der Waals surface area (Å²) in [6, 6.07) is 0.200. The van der Waals surface area contributed by atoms with Crippen LogP contribution >= 0.6 is 0 Å². The van der Waals surface area contributed by atoms with Crippen LogP contribution in [0.3, 0.4) is 0 Å². The molecule has 0 bridgehead atoms. The van der Waals surface area contributed by atoms with E-state index in [4.69, 9.17) is 5.73 Å². The van der Waals surface area contributed by atoms with Crippen molar-refractivity contribution in [1.29, 1.82) is 0 Å². The first-order valence-electron chi connectivity index (χ1n) is 6.80. The lowest BCUT2D eigenvalue weighted by molar-refractivity contribution is -0.140. The number of amides is 1. The molecule has 1 aliphatic carbocycles. The molecule has 3 N–H and O–H groups in total. The highest BCUT2D eigenvalue weighted by molar-refractivity contribution is 5.79. The number of nitrogens with two attached hydrogens (primary N) is 1. The van der Waals surface area contributed by atoms with Crippen molar-refractivity contribution in [3.8, 4) is 0 Å². The third-order valence-corrected chi connectivity index (χ3v) is 4.24. The highest BCUT2D eigenvalue weighted by atomic mass is 16.3. The number of carbonyl (C=O) groups is 1. The van der Waals surface area contributed by atoms with E-state index in [1.54, 1.807) is 0 Å². The molecule has 1 heterocycles. The Balaban J connectivity index is 1.91. The van der Waals surface area contributed by atoms with E-state index in [1.165, 1.54) is 0 Å². The molecule has 4 unspecified atom stereocenters. The average molecular weight is 240 g/mol. The monoisotopic (exact) mass is 240 g/mol. The highest BCUT2D eigenvalue weighted by Gasteiger charge is 2.33. The number of likely N-dealkylation sites (tertiary alicyclic amines) is 1. The first-order valence-corrected chi connectivity index (χ1v) is 6.80. The second-order valence-corrected chi connectivity index (χ2v) is 5.74. The number of nitrogens with zero attached hydrogens (tertiary/aromatic N) is 1. The van der Waals surface area contributed by atoms with Crippen LogP contribution in [0, 0.1) is 11.8 Å². The minimum absolute atomic E-state index is 0.126. The van der Waals surface area contributed by atoms with Crippen LogP contribution in [0.15, 0.2) is 0 Å². The third-order valence-electron chi connectivity index (χ3n) is 4.24. The topological polar surface area (TPSA) is 66.6 Å². The summed E-state index contributed by atoms with van der Waals surface area (Å²) >= 11 is 0. The smallest absolute Gasteiger partial charge is 0.225 e. The Kier molecular flexibility index (Phi) is 4.05. The molecule has 0 radical (unpaired) electrons. The molecule has 0 aromatic rings. The number of hydrogen-bond donors (Lipinski definition) is 2. The molecule has 98 valence electrons. The van der Waals surface area contributed by atoms with Crippen LogP contribution in [-0.4, -0.2) is 41.1 Å². The van der Waals surface area contributed by atoms with Gasteiger partial charge in [0.1, 0.15) is 0 Å². The van der Waals surface area contributed by atoms with Gasteiger partial charge in [0.05, 0.1) is 6.10 Å². The van der Waals surface area contributed by atoms with E-state index >= 15 is 0 Å². The van der Waals surface area contributed by atoms with Crippen LogP contribution in [0.4, 0.5) is 0 Å². The molecule has 1 saturated carbocycles. The van der Waals surface area contributed by atoms with Crippen LogP contribution in [0.5, 0.6) is 0 Å². The van der Waals surface area contributed by atoms with Gasteiger partial charge in [0.25, 0.3) is 0 Å². The minimum Gasteiger partial charge on any atom is -0.393 e. The largest absolute Gasteiger partial charge is 0.393 e. The molecule has 1 amide bonds. The van der Waals surface area contributed by atoms with Gasteiger partial charge in [-0.15, -0.1) is 0 Å². The molecule has 1 aliphatic heterocycles. The van der Waals surface area contributed by atoms with E-state index in [0.717, 1.165) is 25.7 Å². The Hall–Kier alpha value is -0.610. The summed E-state index contributed by atoms with van der Waals surface area (Å²) in [5, 5.41) is 9.67. The quantitative estimate of drug-likeness (QED) is 0.710. The number of carbonyl (C=O) groups excluding carboxylic acids is 1. The Labute approximate surface area is 103 Å². The molecule has 0 spiro atoms. The van der Waals surface area contributed by atoms with Crippen LogP contribution < -0.4 is 5.73 Å². The SMILES string of the molecule is CC1CN(C(=O)C2CCCC(N)C2)CCC1O. The second-order valence-electron chi connectivity index (χ2n) is 5.74. The van der Waals surface area contributed by atoms with Gasteiger partial charge >= 0.3 is 0 Å². The van der Waals surface area contributed by atoms with Crippen molar-refractivity contribution in [3.63, 3.8) is 0 Å². The van der Waals surface area contributed by atoms with E-state index in [9.17, 15) is 9.90 Å². The van der Waals surface area contributed by atoms with Gasteiger partial charge in [-0.05, 0) is 31.6 Å². The van der Waals surface area contributed by atoms with E-state index in [2.05, 4.69) is 0 Å². The summed E-state index contributed by atoms with van der Waals surface area (Å²) in [5.41, 5.74) is 5.93. The lowest BCUT2D eigenvalue weighted by Gasteiger charge is -2.37. The summed E-state index contributed by atoms with van der Waals surface area (Å²) in [6.45, 7) is 3.42. The Morgan fingerprint density at radius 1 is 1.35 bits per heavy atom. The van der Waals surface area contributed by atoms with E-state index in [1.807, 2.05) is 11.8 Å². The van der Waals surface area contributed by atoms with Gasteiger partial charge in [-0.3, -0.25) is 4.79 Å². The molecule has 4 atom stereocenters. The molecule has 4 heteroatoms. The fourth-order valence-electron chi connectivity index (χ4n) is 3.04. The minimum atomic E-state index is -0.243. The predicted molar refractivity (Wildman–Crippen MR) is 66.3 cm³/mol. The van der Waals surface area contributed by atoms with Gasteiger partial charge in [0, 0.05) is 25.0 Å². The van der Waals surface area contributed by atoms with Gasteiger partial charge in [0.2, 0.25) is 5.91 Å². The average Bonchev–Trinajstić information content (AvgIpc) is 2.32. The zero-order chi connectivity index (χ0) is 12.4. The predicted octanol–water partition coefficient (Wildman–Crippen LogP) is 0.733. The number of aliphatic hydroxyl groups is 1. The number of aliphatic hydroxyl groups excluding tert-OH is 1. The van der Waals surface area contributed by atoms with Gasteiger partial charge in [-0.25, -0.2) is 0 Å². The van der Waals surface area contributed by atoms with Crippen LogP contribution in [0.2, 0.25) is 0 Å². The van der Waals surface area contributed by atoms with E-state index in [-0.39, 0.29) is 29.9 Å². The summed E-state index contributed by atoms with van der Waals surface area (Å²) < 4.78 is 0. The summed E-state index contributed by atoms with van der Waals surface area (Å²) in [4.78, 5) is 14.3. The fourth-order valence-corrected chi connectivity index (χ4v) is 3.04. The van der Waals surface area contributed by atoms with Gasteiger partial charge in [0.15, 0.2) is 0 Å². The van der Waals surface area contributed by atoms with E-state index in [0.29, 0.717) is 19.5 Å². The fraction of sp³-hybridized carbons (Fsp3) is 0.923. The van der Waals surface area contributed by atoms with Crippen molar-refractivity contribution in [2.24, 2.45) is 17.6 Å². The second kappa shape index (κ2) is 5.36. The number of piperidine rings is 1. The van der Waals surface area contributed by atoms with Crippen LogP contribution in [0.25, 0.3) is 0 Å². The molecule has 17 heavy (non-hydrogen) atoms. The maximum absolute atomic E-state index is 12.3. The first kappa shape index (κ1) is 12.8. The van der Waals surface area contributed by atoms with Crippen molar-refractivity contribution in [3.05, 3.63) is 0 Å². The molecule has 0 aromatic heterocycles. The molecule has 2 fully saturated rings. The van der Waals surface area contributed by atoms with Crippen LogP contribution in [0.1, 0.15) is 39.0 Å². The van der Waals surface area contributed by atoms with Gasteiger partial charge in [-0.2, -0.15) is 0 Å². The molecule has 2 rings (SSSR count). The molecular weight excluding hydrogens is 216 g/mol. The Bertz CT molecular complexity index is 283. The molecular formula is C13H24N2O2. The lowest BCUT2D eigenvalue weighted by Crippen LogP contribution is -2.48. The van der Waals surface area contributed by atoms with Crippen molar-refractivity contribution >= 4 is 5.91 Å². The number of hydrogen-bond acceptors (Lipinski definition) is 3. The van der Waals surface area contributed by atoms with Gasteiger partial charge < -0.3 is 15.7 Å².